The van der Waals surface area contributed by atoms with Crippen LogP contribution in [0.5, 0.6) is 0 Å². The van der Waals surface area contributed by atoms with Crippen molar-refractivity contribution in [1.29, 1.82) is 0 Å². The number of epoxide rings is 1. The highest BCUT2D eigenvalue weighted by Crippen LogP contribution is 2.28. The van der Waals surface area contributed by atoms with Gasteiger partial charge in [-0.15, -0.1) is 0 Å². The molecule has 1 saturated heterocycles. The minimum Gasteiger partial charge on any atom is -0.468 e. The van der Waals surface area contributed by atoms with Crippen LogP contribution in [0.4, 0.5) is 0 Å². The summed E-state index contributed by atoms with van der Waals surface area (Å²) in [4.78, 5) is 9.18. The molecule has 0 aromatic heterocycles. The molecule has 14 heavy (non-hydrogen) atoms. The smallest absolute Gasteiger partial charge is 0.293 e. The largest absolute Gasteiger partial charge is 0.468 e. The van der Waals surface area contributed by atoms with Crippen LogP contribution in [0.3, 0.4) is 0 Å². The van der Waals surface area contributed by atoms with E-state index in [4.69, 9.17) is 4.74 Å². The standard InChI is InChI=1S/C8H8O.C3H6O2/c1-2-4-7(5-3-1)8-6-9-8;1-2-5-3-4/h1-5,8H,6H2;3H,2H2,1H3. The molecule has 1 fully saturated rings. The fourth-order valence-corrected chi connectivity index (χ4v) is 0.976. The maximum absolute atomic E-state index is 9.18. The van der Waals surface area contributed by atoms with Gasteiger partial charge in [0.2, 0.25) is 0 Å². The average molecular weight is 194 g/mol. The molecule has 0 N–H and O–H groups in total. The zero-order chi connectivity index (χ0) is 10.2. The van der Waals surface area contributed by atoms with Gasteiger partial charge in [0, 0.05) is 0 Å². The molecule has 0 bridgehead atoms. The van der Waals surface area contributed by atoms with E-state index in [2.05, 4.69) is 16.9 Å². The van der Waals surface area contributed by atoms with E-state index in [-0.39, 0.29) is 0 Å². The van der Waals surface area contributed by atoms with E-state index in [1.165, 1.54) is 5.56 Å². The number of hydrogen-bond acceptors (Lipinski definition) is 3. The number of rotatable bonds is 3. The Morgan fingerprint density at radius 1 is 1.50 bits per heavy atom. The van der Waals surface area contributed by atoms with Crippen LogP contribution < -0.4 is 0 Å². The summed E-state index contributed by atoms with van der Waals surface area (Å²) in [5.74, 6) is 0. The average Bonchev–Trinajstić information content (AvgIpc) is 3.05. The second-order valence-electron chi connectivity index (χ2n) is 2.78. The maximum Gasteiger partial charge on any atom is 0.293 e. The molecule has 0 aliphatic carbocycles. The molecule has 0 radical (unpaired) electrons. The first-order valence-corrected chi connectivity index (χ1v) is 4.60. The van der Waals surface area contributed by atoms with Crippen molar-refractivity contribution in [3.8, 4) is 0 Å². The molecule has 1 aromatic carbocycles. The van der Waals surface area contributed by atoms with E-state index in [1.807, 2.05) is 18.2 Å². The second kappa shape index (κ2) is 6.16. The molecule has 1 heterocycles. The predicted molar refractivity (Wildman–Crippen MR) is 52.8 cm³/mol. The minimum atomic E-state index is 0.409. The van der Waals surface area contributed by atoms with E-state index in [0.717, 1.165) is 6.61 Å². The Morgan fingerprint density at radius 2 is 2.14 bits per heavy atom. The van der Waals surface area contributed by atoms with Gasteiger partial charge in [-0.1, -0.05) is 30.3 Å². The Labute approximate surface area is 83.6 Å². The molecule has 3 heteroatoms. The summed E-state index contributed by atoms with van der Waals surface area (Å²) in [6, 6.07) is 10.3. The van der Waals surface area contributed by atoms with Crippen LogP contribution in [-0.2, 0) is 14.3 Å². The van der Waals surface area contributed by atoms with Gasteiger partial charge >= 0.3 is 0 Å². The van der Waals surface area contributed by atoms with Crippen molar-refractivity contribution in [2.45, 2.75) is 13.0 Å². The van der Waals surface area contributed by atoms with Crippen LogP contribution in [-0.4, -0.2) is 19.7 Å². The van der Waals surface area contributed by atoms with Crippen LogP contribution in [0.1, 0.15) is 18.6 Å². The van der Waals surface area contributed by atoms with Gasteiger partial charge in [-0.2, -0.15) is 0 Å². The molecule has 1 aliphatic heterocycles. The van der Waals surface area contributed by atoms with Gasteiger partial charge in [0.05, 0.1) is 13.2 Å². The summed E-state index contributed by atoms with van der Waals surface area (Å²) in [5, 5.41) is 0. The Kier molecular flexibility index (Phi) is 4.72. The molecular formula is C11H14O3. The second-order valence-corrected chi connectivity index (χ2v) is 2.78. The van der Waals surface area contributed by atoms with Crippen LogP contribution in [0.2, 0.25) is 0 Å². The lowest BCUT2D eigenvalue weighted by Gasteiger charge is -1.89. The molecule has 1 unspecified atom stereocenters. The molecule has 0 spiro atoms. The third-order valence-corrected chi connectivity index (χ3v) is 1.74. The molecule has 1 aromatic rings. The Balaban J connectivity index is 0.000000171. The number of carbonyl (C=O) groups excluding carboxylic acids is 1. The molecule has 3 nitrogen and oxygen atoms in total. The van der Waals surface area contributed by atoms with Crippen LogP contribution in [0.15, 0.2) is 30.3 Å². The lowest BCUT2D eigenvalue weighted by molar-refractivity contribution is -0.128. The van der Waals surface area contributed by atoms with E-state index in [0.29, 0.717) is 19.2 Å². The first-order valence-electron chi connectivity index (χ1n) is 4.60. The third kappa shape index (κ3) is 4.05. The Bertz CT molecular complexity index is 254. The topological polar surface area (TPSA) is 38.8 Å². The molecule has 76 valence electrons. The van der Waals surface area contributed by atoms with Crippen molar-refractivity contribution in [2.24, 2.45) is 0 Å². The summed E-state index contributed by atoms with van der Waals surface area (Å²) < 4.78 is 9.25. The summed E-state index contributed by atoms with van der Waals surface area (Å²) in [6.45, 7) is 3.57. The zero-order valence-electron chi connectivity index (χ0n) is 8.18. The van der Waals surface area contributed by atoms with Gasteiger partial charge in [0.25, 0.3) is 6.47 Å². The van der Waals surface area contributed by atoms with Crippen molar-refractivity contribution >= 4 is 6.47 Å². The molecule has 1 aliphatic rings. The molecular weight excluding hydrogens is 180 g/mol. The van der Waals surface area contributed by atoms with E-state index in [1.54, 1.807) is 6.92 Å². The van der Waals surface area contributed by atoms with Crippen LogP contribution in [0, 0.1) is 0 Å². The monoisotopic (exact) mass is 194 g/mol. The SMILES string of the molecule is CCOC=O.c1ccc(C2CO2)cc1. The fraction of sp³-hybridized carbons (Fsp3) is 0.364. The number of carbonyl (C=O) groups is 1. The molecule has 0 amide bonds. The summed E-state index contributed by atoms with van der Waals surface area (Å²) in [5.41, 5.74) is 1.30. The fourth-order valence-electron chi connectivity index (χ4n) is 0.976. The molecule has 2 rings (SSSR count). The normalized spacial score (nSPS) is 17.6. The zero-order valence-corrected chi connectivity index (χ0v) is 8.18. The van der Waals surface area contributed by atoms with Gasteiger partial charge in [0.1, 0.15) is 6.10 Å². The van der Waals surface area contributed by atoms with Crippen molar-refractivity contribution in [3.05, 3.63) is 35.9 Å². The third-order valence-electron chi connectivity index (χ3n) is 1.74. The minimum absolute atomic E-state index is 0.409. The molecule has 1 atom stereocenters. The van der Waals surface area contributed by atoms with Gasteiger partial charge in [-0.05, 0) is 12.5 Å². The van der Waals surface area contributed by atoms with Gasteiger partial charge in [0.15, 0.2) is 0 Å². The highest BCUT2D eigenvalue weighted by molar-refractivity contribution is 5.36. The Morgan fingerprint density at radius 3 is 2.50 bits per heavy atom. The predicted octanol–water partition coefficient (Wildman–Crippen LogP) is 1.94. The number of benzene rings is 1. The lowest BCUT2D eigenvalue weighted by Crippen LogP contribution is -1.80. The van der Waals surface area contributed by atoms with Crippen molar-refractivity contribution in [3.63, 3.8) is 0 Å². The lowest BCUT2D eigenvalue weighted by atomic mass is 10.2. The number of ether oxygens (including phenoxy) is 2. The number of hydrogen-bond donors (Lipinski definition) is 0. The molecule has 0 saturated carbocycles. The summed E-state index contributed by atoms with van der Waals surface area (Å²) in [6.07, 6.45) is 0.409. The van der Waals surface area contributed by atoms with E-state index >= 15 is 0 Å². The van der Waals surface area contributed by atoms with E-state index in [9.17, 15) is 4.79 Å². The van der Waals surface area contributed by atoms with E-state index < -0.39 is 0 Å². The van der Waals surface area contributed by atoms with Crippen LogP contribution >= 0.6 is 0 Å². The van der Waals surface area contributed by atoms with Crippen molar-refractivity contribution in [2.75, 3.05) is 13.2 Å². The highest BCUT2D eigenvalue weighted by atomic mass is 16.6. The highest BCUT2D eigenvalue weighted by Gasteiger charge is 2.23. The van der Waals surface area contributed by atoms with Gasteiger partial charge in [-0.3, -0.25) is 4.79 Å². The first-order chi connectivity index (χ1) is 6.88. The van der Waals surface area contributed by atoms with Crippen LogP contribution in [0.25, 0.3) is 0 Å². The van der Waals surface area contributed by atoms with Gasteiger partial charge < -0.3 is 9.47 Å². The van der Waals surface area contributed by atoms with Crippen molar-refractivity contribution in [1.82, 2.24) is 0 Å². The summed E-state index contributed by atoms with van der Waals surface area (Å²) >= 11 is 0. The van der Waals surface area contributed by atoms with Crippen molar-refractivity contribution < 1.29 is 14.3 Å². The summed E-state index contributed by atoms with van der Waals surface area (Å²) in [7, 11) is 0. The first kappa shape index (κ1) is 10.7. The quantitative estimate of drug-likeness (QED) is 0.545. The Hall–Kier alpha value is -1.35. The maximum atomic E-state index is 9.18. The van der Waals surface area contributed by atoms with Gasteiger partial charge in [-0.25, -0.2) is 0 Å².